The predicted molar refractivity (Wildman–Crippen MR) is 139 cm³/mol. The van der Waals surface area contributed by atoms with Gasteiger partial charge < -0.3 is 10.6 Å². The van der Waals surface area contributed by atoms with E-state index in [1.165, 1.54) is 5.57 Å². The van der Waals surface area contributed by atoms with Crippen molar-refractivity contribution in [3.63, 3.8) is 0 Å². The Hall–Kier alpha value is -2.41. The molecule has 2 aromatic carbocycles. The van der Waals surface area contributed by atoms with Gasteiger partial charge >= 0.3 is 0 Å². The minimum absolute atomic E-state index is 0.0942. The van der Waals surface area contributed by atoms with Crippen molar-refractivity contribution in [2.75, 3.05) is 19.6 Å². The lowest BCUT2D eigenvalue weighted by Crippen LogP contribution is -2.34. The van der Waals surface area contributed by atoms with Crippen molar-refractivity contribution in [1.82, 2.24) is 19.9 Å². The fourth-order valence-corrected chi connectivity index (χ4v) is 5.05. The Morgan fingerprint density at radius 3 is 2.68 bits per heavy atom. The number of nitrogens with zero attached hydrogens (tertiary/aromatic N) is 4. The van der Waals surface area contributed by atoms with Crippen LogP contribution in [0.1, 0.15) is 62.6 Å². The van der Waals surface area contributed by atoms with Crippen LogP contribution in [0.25, 0.3) is 16.6 Å². The number of benzene rings is 2. The van der Waals surface area contributed by atoms with E-state index in [-0.39, 0.29) is 11.9 Å². The van der Waals surface area contributed by atoms with Crippen molar-refractivity contribution in [1.29, 1.82) is 0 Å². The summed E-state index contributed by atoms with van der Waals surface area (Å²) in [5, 5.41) is 9.96. The third-order valence-corrected chi connectivity index (χ3v) is 7.09. The average molecular weight is 500 g/mol. The number of carbonyl (C=O) groups excluding carboxylic acids is 1. The molecule has 8 heteroatoms. The van der Waals surface area contributed by atoms with Crippen LogP contribution in [0.3, 0.4) is 0 Å². The van der Waals surface area contributed by atoms with Crippen LogP contribution in [-0.2, 0) is 4.79 Å². The first-order valence-electron chi connectivity index (χ1n) is 11.9. The van der Waals surface area contributed by atoms with Crippen molar-refractivity contribution in [3.05, 3.63) is 63.6 Å². The molecule has 0 unspecified atom stereocenters. The minimum Gasteiger partial charge on any atom is -0.339 e. The van der Waals surface area contributed by atoms with Crippen molar-refractivity contribution in [2.24, 2.45) is 5.73 Å². The third-order valence-electron chi connectivity index (χ3n) is 6.53. The second-order valence-electron chi connectivity index (χ2n) is 8.85. The van der Waals surface area contributed by atoms with Crippen LogP contribution in [-0.4, -0.2) is 45.4 Å². The number of halogens is 2. The van der Waals surface area contributed by atoms with E-state index in [4.69, 9.17) is 28.9 Å². The molecule has 3 aromatic rings. The van der Waals surface area contributed by atoms with Crippen LogP contribution in [0.15, 0.2) is 42.5 Å². The zero-order valence-corrected chi connectivity index (χ0v) is 21.0. The molecule has 34 heavy (non-hydrogen) atoms. The number of hydrogen-bond acceptors (Lipinski definition) is 4. The van der Waals surface area contributed by atoms with Crippen LogP contribution in [0.4, 0.5) is 0 Å². The summed E-state index contributed by atoms with van der Waals surface area (Å²) < 4.78 is 1.90. The summed E-state index contributed by atoms with van der Waals surface area (Å²) in [6, 6.07) is 11.6. The van der Waals surface area contributed by atoms with E-state index in [0.717, 1.165) is 67.4 Å². The van der Waals surface area contributed by atoms with E-state index in [1.807, 2.05) is 27.8 Å². The van der Waals surface area contributed by atoms with E-state index in [0.29, 0.717) is 23.0 Å². The molecule has 0 bridgehead atoms. The lowest BCUT2D eigenvalue weighted by molar-refractivity contribution is -0.130. The molecular formula is C26H31Cl2N5O. The molecule has 0 saturated heterocycles. The molecule has 0 radical (unpaired) electrons. The van der Waals surface area contributed by atoms with E-state index < -0.39 is 0 Å². The molecule has 6 nitrogen and oxygen atoms in total. The second-order valence-corrected chi connectivity index (χ2v) is 9.69. The van der Waals surface area contributed by atoms with Crippen molar-refractivity contribution < 1.29 is 4.79 Å². The highest BCUT2D eigenvalue weighted by molar-refractivity contribution is 6.35. The Labute approximate surface area is 210 Å². The van der Waals surface area contributed by atoms with Gasteiger partial charge in [-0.3, -0.25) is 4.79 Å². The Kier molecular flexibility index (Phi) is 8.24. The summed E-state index contributed by atoms with van der Waals surface area (Å²) in [7, 11) is 0. The maximum absolute atomic E-state index is 12.5. The molecule has 180 valence electrons. The number of amides is 1. The Balaban J connectivity index is 1.46. The van der Waals surface area contributed by atoms with Crippen LogP contribution < -0.4 is 5.73 Å². The molecular weight excluding hydrogens is 469 g/mol. The molecule has 2 N–H and O–H groups in total. The standard InChI is InChI=1S/C26H31Cl2N5O/c1-18(22-9-8-21(27)17-23(22)28)33-25-16-20(7-10-24(25)30-31-33)19-11-14-32(15-12-19)26(34)6-4-2-3-5-13-29/h7-11,16-18H,2-6,12-15,29H2,1H3/t18-/m1/s1. The summed E-state index contributed by atoms with van der Waals surface area (Å²) in [4.78, 5) is 14.5. The number of carbonyl (C=O) groups is 1. The number of unbranched alkanes of at least 4 members (excludes halogenated alkanes) is 3. The maximum atomic E-state index is 12.5. The third kappa shape index (κ3) is 5.62. The highest BCUT2D eigenvalue weighted by Gasteiger charge is 2.20. The van der Waals surface area contributed by atoms with Gasteiger partial charge in [-0.15, -0.1) is 5.10 Å². The first-order chi connectivity index (χ1) is 16.5. The molecule has 0 fully saturated rings. The summed E-state index contributed by atoms with van der Waals surface area (Å²) in [5.41, 5.74) is 10.7. The van der Waals surface area contributed by atoms with Crippen LogP contribution in [0.2, 0.25) is 10.0 Å². The average Bonchev–Trinajstić information content (AvgIpc) is 3.27. The topological polar surface area (TPSA) is 77.0 Å². The van der Waals surface area contributed by atoms with E-state index in [2.05, 4.69) is 35.4 Å². The minimum atomic E-state index is -0.0942. The summed E-state index contributed by atoms with van der Waals surface area (Å²) in [5.74, 6) is 0.245. The number of fused-ring (bicyclic) bond motifs is 1. The summed E-state index contributed by atoms with van der Waals surface area (Å²) in [6.45, 7) is 4.18. The first-order valence-corrected chi connectivity index (χ1v) is 12.7. The number of nitrogens with two attached hydrogens (primary N) is 1. The van der Waals surface area contributed by atoms with Gasteiger partial charge in [0.2, 0.25) is 5.91 Å². The number of aromatic nitrogens is 3. The van der Waals surface area contributed by atoms with Crippen LogP contribution >= 0.6 is 23.2 Å². The van der Waals surface area contributed by atoms with Crippen LogP contribution in [0.5, 0.6) is 0 Å². The monoisotopic (exact) mass is 499 g/mol. The molecule has 0 spiro atoms. The fraction of sp³-hybridized carbons (Fsp3) is 0.423. The Morgan fingerprint density at radius 2 is 1.94 bits per heavy atom. The normalized spacial score (nSPS) is 14.9. The van der Waals surface area contributed by atoms with Gasteiger partial charge in [0.05, 0.1) is 11.6 Å². The smallest absolute Gasteiger partial charge is 0.222 e. The van der Waals surface area contributed by atoms with Gasteiger partial charge in [-0.2, -0.15) is 0 Å². The van der Waals surface area contributed by atoms with E-state index >= 15 is 0 Å². The summed E-state index contributed by atoms with van der Waals surface area (Å²) >= 11 is 12.5. The first kappa shape index (κ1) is 24.7. The van der Waals surface area contributed by atoms with Gasteiger partial charge in [0.15, 0.2) is 0 Å². The van der Waals surface area contributed by atoms with Crippen molar-refractivity contribution in [2.45, 2.75) is 51.5 Å². The largest absolute Gasteiger partial charge is 0.339 e. The molecule has 1 atom stereocenters. The summed E-state index contributed by atoms with van der Waals surface area (Å²) in [6.07, 6.45) is 7.78. The molecule has 0 aliphatic carbocycles. The van der Waals surface area contributed by atoms with Crippen molar-refractivity contribution in [3.8, 4) is 0 Å². The van der Waals surface area contributed by atoms with E-state index in [9.17, 15) is 4.79 Å². The Bertz CT molecular complexity index is 1190. The van der Waals surface area contributed by atoms with Gasteiger partial charge in [0.1, 0.15) is 5.52 Å². The van der Waals surface area contributed by atoms with Crippen LogP contribution in [0, 0.1) is 0 Å². The fourth-order valence-electron chi connectivity index (χ4n) is 4.48. The zero-order chi connectivity index (χ0) is 24.1. The lowest BCUT2D eigenvalue weighted by Gasteiger charge is -2.27. The number of hydrogen-bond donors (Lipinski definition) is 1. The predicted octanol–water partition coefficient (Wildman–Crippen LogP) is 5.87. The maximum Gasteiger partial charge on any atom is 0.222 e. The van der Waals surface area contributed by atoms with Gasteiger partial charge in [-0.25, -0.2) is 4.68 Å². The van der Waals surface area contributed by atoms with Gasteiger partial charge in [0.25, 0.3) is 0 Å². The zero-order valence-electron chi connectivity index (χ0n) is 19.5. The number of rotatable bonds is 9. The van der Waals surface area contributed by atoms with Gasteiger partial charge in [-0.1, -0.05) is 59.5 Å². The highest BCUT2D eigenvalue weighted by atomic mass is 35.5. The molecule has 0 saturated carbocycles. The molecule has 1 aliphatic heterocycles. The molecule has 4 rings (SSSR count). The molecule has 1 aliphatic rings. The molecule has 1 aromatic heterocycles. The van der Waals surface area contributed by atoms with E-state index in [1.54, 1.807) is 6.07 Å². The molecule has 2 heterocycles. The second kappa shape index (κ2) is 11.3. The van der Waals surface area contributed by atoms with Gasteiger partial charge in [0, 0.05) is 29.6 Å². The molecule has 1 amide bonds. The Morgan fingerprint density at radius 1 is 1.12 bits per heavy atom. The SMILES string of the molecule is C[C@H](c1ccc(Cl)cc1Cl)n1nnc2ccc(C3=CCN(C(=O)CCCCCCN)CC3)cc21. The van der Waals surface area contributed by atoms with Crippen molar-refractivity contribution >= 4 is 45.7 Å². The lowest BCUT2D eigenvalue weighted by atomic mass is 9.98. The highest BCUT2D eigenvalue weighted by Crippen LogP contribution is 2.31. The quantitative estimate of drug-likeness (QED) is 0.373. The van der Waals surface area contributed by atoms with Gasteiger partial charge in [-0.05, 0) is 73.7 Å².